The van der Waals surface area contributed by atoms with E-state index in [0.29, 0.717) is 0 Å². The molecule has 17 heavy (non-hydrogen) atoms. The molecule has 0 aliphatic carbocycles. The van der Waals surface area contributed by atoms with Crippen molar-refractivity contribution in [2.45, 2.75) is 43.8 Å². The van der Waals surface area contributed by atoms with Crippen LogP contribution >= 0.6 is 11.8 Å². The Morgan fingerprint density at radius 3 is 2.82 bits per heavy atom. The van der Waals surface area contributed by atoms with Crippen molar-refractivity contribution in [2.75, 3.05) is 19.3 Å². The van der Waals surface area contributed by atoms with Crippen LogP contribution in [0.4, 0.5) is 0 Å². The lowest BCUT2D eigenvalue weighted by molar-refractivity contribution is 0.182. The summed E-state index contributed by atoms with van der Waals surface area (Å²) >= 11 is 1.78. The Hall–Kier alpha value is -0.610. The molecule has 0 spiro atoms. The largest absolute Gasteiger partial charge is 0.303 e. The topological polar surface area (TPSA) is 29.0 Å². The van der Waals surface area contributed by atoms with E-state index in [-0.39, 0.29) is 0 Å². The van der Waals surface area contributed by atoms with E-state index in [9.17, 15) is 0 Å². The van der Waals surface area contributed by atoms with Crippen molar-refractivity contribution in [3.05, 3.63) is 18.0 Å². The fourth-order valence-electron chi connectivity index (χ4n) is 2.25. The van der Waals surface area contributed by atoms with Gasteiger partial charge >= 0.3 is 0 Å². The highest BCUT2D eigenvalue weighted by Crippen LogP contribution is 2.21. The molecule has 0 N–H and O–H groups in total. The van der Waals surface area contributed by atoms with Crippen LogP contribution in [0.5, 0.6) is 0 Å². The first-order valence-corrected chi connectivity index (χ1v) is 7.36. The van der Waals surface area contributed by atoms with E-state index in [0.717, 1.165) is 22.5 Å². The number of thioether (sulfide) groups is 1. The molecule has 0 aromatic carbocycles. The number of hydrogen-bond donors (Lipinski definition) is 0. The van der Waals surface area contributed by atoms with Gasteiger partial charge in [-0.05, 0) is 45.3 Å². The lowest BCUT2D eigenvalue weighted by Gasteiger charge is -2.32. The van der Waals surface area contributed by atoms with Crippen LogP contribution in [0.2, 0.25) is 0 Å². The molecule has 1 aromatic heterocycles. The van der Waals surface area contributed by atoms with Gasteiger partial charge in [0.25, 0.3) is 0 Å². The zero-order valence-corrected chi connectivity index (χ0v) is 11.5. The fourth-order valence-corrected chi connectivity index (χ4v) is 3.08. The Balaban J connectivity index is 1.73. The fraction of sp³-hybridized carbons (Fsp3) is 0.692. The molecule has 1 saturated heterocycles. The van der Waals surface area contributed by atoms with E-state index in [4.69, 9.17) is 0 Å². The maximum absolute atomic E-state index is 4.32. The third kappa shape index (κ3) is 3.96. The predicted octanol–water partition coefficient (Wildman–Crippen LogP) is 2.75. The predicted molar refractivity (Wildman–Crippen MR) is 72.4 cm³/mol. The summed E-state index contributed by atoms with van der Waals surface area (Å²) in [6.07, 6.45) is 9.14. The molecular formula is C13H21N3S. The first-order valence-electron chi connectivity index (χ1n) is 6.37. The van der Waals surface area contributed by atoms with Gasteiger partial charge in [0.15, 0.2) is 5.16 Å². The summed E-state index contributed by atoms with van der Waals surface area (Å²) in [4.78, 5) is 11.1. The minimum absolute atomic E-state index is 0.765. The first-order chi connectivity index (χ1) is 8.25. The number of aromatic nitrogens is 2. The SMILES string of the molecule is Cc1cnc(SCC[C@H]2CCCCN2C)nc1. The second-order valence-corrected chi connectivity index (χ2v) is 5.87. The van der Waals surface area contributed by atoms with Crippen molar-refractivity contribution in [1.29, 1.82) is 0 Å². The maximum Gasteiger partial charge on any atom is 0.187 e. The average Bonchev–Trinajstić information content (AvgIpc) is 2.34. The van der Waals surface area contributed by atoms with Gasteiger partial charge in [-0.2, -0.15) is 0 Å². The Morgan fingerprint density at radius 2 is 2.12 bits per heavy atom. The normalized spacial score (nSPS) is 21.6. The molecular weight excluding hydrogens is 230 g/mol. The minimum atomic E-state index is 0.765. The minimum Gasteiger partial charge on any atom is -0.303 e. The van der Waals surface area contributed by atoms with Crippen LogP contribution in [-0.2, 0) is 0 Å². The smallest absolute Gasteiger partial charge is 0.187 e. The van der Waals surface area contributed by atoms with Crippen LogP contribution in [0.1, 0.15) is 31.2 Å². The molecule has 0 unspecified atom stereocenters. The van der Waals surface area contributed by atoms with Gasteiger partial charge in [0, 0.05) is 24.2 Å². The van der Waals surface area contributed by atoms with Gasteiger partial charge in [-0.25, -0.2) is 9.97 Å². The highest BCUT2D eigenvalue weighted by atomic mass is 32.2. The van der Waals surface area contributed by atoms with Crippen molar-refractivity contribution in [2.24, 2.45) is 0 Å². The summed E-state index contributed by atoms with van der Waals surface area (Å²) in [6, 6.07) is 0.765. The number of nitrogens with zero attached hydrogens (tertiary/aromatic N) is 3. The number of rotatable bonds is 4. The van der Waals surface area contributed by atoms with Crippen molar-refractivity contribution >= 4 is 11.8 Å². The first kappa shape index (κ1) is 12.8. The molecule has 1 atom stereocenters. The Bertz CT molecular complexity index is 339. The van der Waals surface area contributed by atoms with Gasteiger partial charge in [-0.1, -0.05) is 18.2 Å². The number of aryl methyl sites for hydroxylation is 1. The van der Waals surface area contributed by atoms with Gasteiger partial charge in [-0.15, -0.1) is 0 Å². The Kier molecular flexibility index (Phi) is 4.80. The maximum atomic E-state index is 4.32. The molecule has 1 aliphatic rings. The van der Waals surface area contributed by atoms with E-state index in [1.54, 1.807) is 11.8 Å². The van der Waals surface area contributed by atoms with Crippen LogP contribution < -0.4 is 0 Å². The van der Waals surface area contributed by atoms with E-state index in [2.05, 4.69) is 21.9 Å². The van der Waals surface area contributed by atoms with Crippen LogP contribution in [0.15, 0.2) is 17.6 Å². The molecule has 2 heterocycles. The van der Waals surface area contributed by atoms with E-state index < -0.39 is 0 Å². The van der Waals surface area contributed by atoms with E-state index in [1.807, 2.05) is 19.3 Å². The second kappa shape index (κ2) is 6.36. The van der Waals surface area contributed by atoms with E-state index in [1.165, 1.54) is 32.2 Å². The number of likely N-dealkylation sites (tertiary alicyclic amines) is 1. The van der Waals surface area contributed by atoms with E-state index >= 15 is 0 Å². The van der Waals surface area contributed by atoms with Crippen molar-refractivity contribution < 1.29 is 0 Å². The summed E-state index contributed by atoms with van der Waals surface area (Å²) in [5, 5.41) is 0.911. The molecule has 94 valence electrons. The summed E-state index contributed by atoms with van der Waals surface area (Å²) < 4.78 is 0. The lowest BCUT2D eigenvalue weighted by Crippen LogP contribution is -2.36. The van der Waals surface area contributed by atoms with Crippen LogP contribution in [-0.4, -0.2) is 40.3 Å². The monoisotopic (exact) mass is 251 g/mol. The summed E-state index contributed by atoms with van der Waals surface area (Å²) in [6.45, 7) is 3.28. The zero-order valence-electron chi connectivity index (χ0n) is 10.7. The van der Waals surface area contributed by atoms with Gasteiger partial charge in [0.2, 0.25) is 0 Å². The highest BCUT2D eigenvalue weighted by molar-refractivity contribution is 7.99. The quantitative estimate of drug-likeness (QED) is 0.608. The summed E-state index contributed by atoms with van der Waals surface area (Å²) in [5.74, 6) is 1.12. The molecule has 1 fully saturated rings. The molecule has 1 aliphatic heterocycles. The summed E-state index contributed by atoms with van der Waals surface area (Å²) in [5.41, 5.74) is 1.13. The third-order valence-corrected chi connectivity index (χ3v) is 4.27. The number of hydrogen-bond acceptors (Lipinski definition) is 4. The highest BCUT2D eigenvalue weighted by Gasteiger charge is 2.18. The van der Waals surface area contributed by atoms with Gasteiger partial charge in [0.1, 0.15) is 0 Å². The molecule has 0 saturated carbocycles. The molecule has 3 nitrogen and oxygen atoms in total. The zero-order chi connectivity index (χ0) is 12.1. The van der Waals surface area contributed by atoms with Crippen molar-refractivity contribution in [3.63, 3.8) is 0 Å². The van der Waals surface area contributed by atoms with Gasteiger partial charge < -0.3 is 4.90 Å². The second-order valence-electron chi connectivity index (χ2n) is 4.81. The molecule has 1 aromatic rings. The average molecular weight is 251 g/mol. The molecule has 0 amide bonds. The van der Waals surface area contributed by atoms with Crippen LogP contribution in [0.25, 0.3) is 0 Å². The molecule has 0 radical (unpaired) electrons. The molecule has 4 heteroatoms. The van der Waals surface area contributed by atoms with Crippen LogP contribution in [0, 0.1) is 6.92 Å². The van der Waals surface area contributed by atoms with Crippen molar-refractivity contribution in [3.8, 4) is 0 Å². The van der Waals surface area contributed by atoms with Crippen molar-refractivity contribution in [1.82, 2.24) is 14.9 Å². The Morgan fingerprint density at radius 1 is 1.35 bits per heavy atom. The molecule has 2 rings (SSSR count). The lowest BCUT2D eigenvalue weighted by atomic mass is 10.0. The summed E-state index contributed by atoms with van der Waals surface area (Å²) in [7, 11) is 2.25. The van der Waals surface area contributed by atoms with Gasteiger partial charge in [-0.3, -0.25) is 0 Å². The van der Waals surface area contributed by atoms with Crippen LogP contribution in [0.3, 0.4) is 0 Å². The third-order valence-electron chi connectivity index (χ3n) is 3.36. The molecule has 0 bridgehead atoms. The number of piperidine rings is 1. The van der Waals surface area contributed by atoms with Gasteiger partial charge in [0.05, 0.1) is 0 Å². The Labute approximate surface area is 108 Å². The standard InChI is InChI=1S/C13H21N3S/c1-11-9-14-13(15-10-11)17-8-6-12-5-3-4-7-16(12)2/h9-10,12H,3-8H2,1-2H3/t12-/m1/s1.